The fourth-order valence-electron chi connectivity index (χ4n) is 2.30. The molecular weight excluding hydrogens is 292 g/mol. The molecule has 0 radical (unpaired) electrons. The molecule has 5 nitrogen and oxygen atoms in total. The third-order valence-corrected chi connectivity index (χ3v) is 3.64. The number of benzene rings is 1. The molecule has 5 heteroatoms. The summed E-state index contributed by atoms with van der Waals surface area (Å²) in [6.07, 6.45) is 2.52. The lowest BCUT2D eigenvalue weighted by molar-refractivity contribution is -0.116. The second kappa shape index (κ2) is 8.17. The van der Waals surface area contributed by atoms with Crippen molar-refractivity contribution >= 4 is 17.5 Å². The zero-order valence-electron chi connectivity index (χ0n) is 13.5. The molecule has 0 saturated heterocycles. The van der Waals surface area contributed by atoms with Gasteiger partial charge in [-0.15, -0.1) is 0 Å². The first-order valence-corrected chi connectivity index (χ1v) is 7.85. The fourth-order valence-corrected chi connectivity index (χ4v) is 2.30. The summed E-state index contributed by atoms with van der Waals surface area (Å²) in [5.74, 6) is 0.718. The third kappa shape index (κ3) is 4.71. The molecule has 0 atom stereocenters. The topological polar surface area (TPSA) is 62.6 Å². The van der Waals surface area contributed by atoms with Crippen molar-refractivity contribution in [1.82, 2.24) is 4.90 Å². The summed E-state index contributed by atoms with van der Waals surface area (Å²) in [7, 11) is 0. The van der Waals surface area contributed by atoms with Crippen LogP contribution in [0.1, 0.15) is 36.4 Å². The van der Waals surface area contributed by atoms with Crippen LogP contribution < -0.4 is 5.32 Å². The van der Waals surface area contributed by atoms with Gasteiger partial charge in [0.1, 0.15) is 5.76 Å². The maximum atomic E-state index is 12.2. The Morgan fingerprint density at radius 2 is 1.78 bits per heavy atom. The second-order valence-corrected chi connectivity index (χ2v) is 5.18. The van der Waals surface area contributed by atoms with Gasteiger partial charge in [-0.05, 0) is 50.2 Å². The minimum absolute atomic E-state index is 0.00527. The van der Waals surface area contributed by atoms with Gasteiger partial charge in [-0.2, -0.15) is 0 Å². The van der Waals surface area contributed by atoms with Crippen LogP contribution >= 0.6 is 0 Å². The summed E-state index contributed by atoms with van der Waals surface area (Å²) in [4.78, 5) is 25.9. The highest BCUT2D eigenvalue weighted by atomic mass is 16.3. The Hall–Kier alpha value is -2.56. The minimum Gasteiger partial charge on any atom is -0.469 e. The van der Waals surface area contributed by atoms with Crippen molar-refractivity contribution in [2.45, 2.75) is 26.7 Å². The number of anilines is 1. The molecule has 0 bridgehead atoms. The van der Waals surface area contributed by atoms with Crippen LogP contribution in [0.4, 0.5) is 5.69 Å². The van der Waals surface area contributed by atoms with Crippen LogP contribution in [0, 0.1) is 0 Å². The molecule has 2 rings (SSSR count). The number of hydrogen-bond acceptors (Lipinski definition) is 3. The zero-order valence-corrected chi connectivity index (χ0v) is 13.5. The minimum atomic E-state index is -0.0794. The van der Waals surface area contributed by atoms with Gasteiger partial charge in [-0.1, -0.05) is 0 Å². The molecule has 1 aromatic heterocycles. The van der Waals surface area contributed by atoms with Crippen LogP contribution in [0.15, 0.2) is 47.1 Å². The fraction of sp³-hybridized carbons (Fsp3) is 0.333. The maximum absolute atomic E-state index is 12.2. The van der Waals surface area contributed by atoms with Gasteiger partial charge in [0.15, 0.2) is 0 Å². The summed E-state index contributed by atoms with van der Waals surface area (Å²) >= 11 is 0. The number of rotatable bonds is 7. The first kappa shape index (κ1) is 16.8. The number of hydrogen-bond donors (Lipinski definition) is 1. The van der Waals surface area contributed by atoms with E-state index in [0.29, 0.717) is 37.2 Å². The maximum Gasteiger partial charge on any atom is 0.253 e. The lowest BCUT2D eigenvalue weighted by Gasteiger charge is -2.18. The van der Waals surface area contributed by atoms with Crippen molar-refractivity contribution in [2.75, 3.05) is 18.4 Å². The lowest BCUT2D eigenvalue weighted by atomic mass is 10.1. The van der Waals surface area contributed by atoms with E-state index in [1.807, 2.05) is 19.9 Å². The van der Waals surface area contributed by atoms with Gasteiger partial charge in [-0.25, -0.2) is 0 Å². The Kier molecular flexibility index (Phi) is 5.97. The number of furan rings is 1. The van der Waals surface area contributed by atoms with Crippen molar-refractivity contribution in [1.29, 1.82) is 0 Å². The Balaban J connectivity index is 1.89. The highest BCUT2D eigenvalue weighted by Gasteiger charge is 2.12. The number of nitrogens with zero attached hydrogens (tertiary/aromatic N) is 1. The summed E-state index contributed by atoms with van der Waals surface area (Å²) in [5, 5.41) is 2.82. The molecule has 0 fully saturated rings. The molecule has 0 unspecified atom stereocenters. The summed E-state index contributed by atoms with van der Waals surface area (Å²) in [6.45, 7) is 5.27. The second-order valence-electron chi connectivity index (χ2n) is 5.18. The number of amides is 2. The smallest absolute Gasteiger partial charge is 0.253 e. The molecule has 1 aromatic carbocycles. The average molecular weight is 314 g/mol. The quantitative estimate of drug-likeness (QED) is 0.852. The number of nitrogens with one attached hydrogen (secondary N) is 1. The molecule has 0 aliphatic carbocycles. The van der Waals surface area contributed by atoms with E-state index in [9.17, 15) is 9.59 Å². The Bertz CT molecular complexity index is 629. The first-order chi connectivity index (χ1) is 11.1. The van der Waals surface area contributed by atoms with Crippen molar-refractivity contribution in [3.8, 4) is 0 Å². The Morgan fingerprint density at radius 1 is 1.09 bits per heavy atom. The standard InChI is InChI=1S/C18H22N2O3/c1-3-20(4-2)18(22)14-7-9-15(10-8-14)19-17(21)12-11-16-6-5-13-23-16/h5-10,13H,3-4,11-12H2,1-2H3,(H,19,21). The van der Waals surface area contributed by atoms with Gasteiger partial charge in [0, 0.05) is 37.2 Å². The lowest BCUT2D eigenvalue weighted by Crippen LogP contribution is -2.30. The van der Waals surface area contributed by atoms with Crippen LogP contribution in [-0.2, 0) is 11.2 Å². The number of carbonyl (C=O) groups is 2. The molecule has 122 valence electrons. The first-order valence-electron chi connectivity index (χ1n) is 7.85. The van der Waals surface area contributed by atoms with Crippen molar-refractivity contribution in [3.05, 3.63) is 54.0 Å². The SMILES string of the molecule is CCN(CC)C(=O)c1ccc(NC(=O)CCc2ccco2)cc1. The van der Waals surface area contributed by atoms with E-state index in [0.717, 1.165) is 5.76 Å². The van der Waals surface area contributed by atoms with Gasteiger partial charge < -0.3 is 14.6 Å². The molecule has 0 saturated carbocycles. The monoisotopic (exact) mass is 314 g/mol. The predicted octanol–water partition coefficient (Wildman–Crippen LogP) is 3.33. The van der Waals surface area contributed by atoms with E-state index < -0.39 is 0 Å². The van der Waals surface area contributed by atoms with E-state index in [1.54, 1.807) is 41.5 Å². The summed E-state index contributed by atoms with van der Waals surface area (Å²) < 4.78 is 5.20. The van der Waals surface area contributed by atoms with Crippen LogP contribution in [0.25, 0.3) is 0 Å². The average Bonchev–Trinajstić information content (AvgIpc) is 3.08. The Labute approximate surface area is 136 Å². The Morgan fingerprint density at radius 3 is 2.35 bits per heavy atom. The van der Waals surface area contributed by atoms with E-state index >= 15 is 0 Å². The van der Waals surface area contributed by atoms with Crippen LogP contribution in [-0.4, -0.2) is 29.8 Å². The molecule has 0 spiro atoms. The molecule has 0 aliphatic rings. The molecule has 1 N–H and O–H groups in total. The van der Waals surface area contributed by atoms with E-state index in [-0.39, 0.29) is 11.8 Å². The summed E-state index contributed by atoms with van der Waals surface area (Å²) in [6, 6.07) is 10.6. The molecule has 1 heterocycles. The highest BCUT2D eigenvalue weighted by molar-refractivity contribution is 5.95. The predicted molar refractivity (Wildman–Crippen MR) is 89.4 cm³/mol. The molecule has 23 heavy (non-hydrogen) atoms. The summed E-state index contributed by atoms with van der Waals surface area (Å²) in [5.41, 5.74) is 1.31. The van der Waals surface area contributed by atoms with Crippen LogP contribution in [0.5, 0.6) is 0 Å². The van der Waals surface area contributed by atoms with E-state index in [2.05, 4.69) is 5.32 Å². The number of carbonyl (C=O) groups excluding carboxylic acids is 2. The van der Waals surface area contributed by atoms with Crippen LogP contribution in [0.2, 0.25) is 0 Å². The third-order valence-electron chi connectivity index (χ3n) is 3.64. The molecular formula is C18H22N2O3. The van der Waals surface area contributed by atoms with Gasteiger partial charge in [0.2, 0.25) is 5.91 Å². The van der Waals surface area contributed by atoms with Gasteiger partial charge in [0.05, 0.1) is 6.26 Å². The van der Waals surface area contributed by atoms with Gasteiger partial charge in [0.25, 0.3) is 5.91 Å². The van der Waals surface area contributed by atoms with Crippen molar-refractivity contribution in [2.24, 2.45) is 0 Å². The highest BCUT2D eigenvalue weighted by Crippen LogP contribution is 2.13. The van der Waals surface area contributed by atoms with Crippen molar-refractivity contribution < 1.29 is 14.0 Å². The molecule has 0 aliphatic heterocycles. The van der Waals surface area contributed by atoms with Crippen LogP contribution in [0.3, 0.4) is 0 Å². The largest absolute Gasteiger partial charge is 0.469 e. The normalized spacial score (nSPS) is 10.3. The number of aryl methyl sites for hydroxylation is 1. The van der Waals surface area contributed by atoms with Gasteiger partial charge in [-0.3, -0.25) is 9.59 Å². The van der Waals surface area contributed by atoms with Gasteiger partial charge >= 0.3 is 0 Å². The molecule has 2 aromatic rings. The van der Waals surface area contributed by atoms with Crippen molar-refractivity contribution in [3.63, 3.8) is 0 Å². The van der Waals surface area contributed by atoms with E-state index in [4.69, 9.17) is 4.42 Å². The zero-order chi connectivity index (χ0) is 16.7. The molecule has 2 amide bonds. The van der Waals surface area contributed by atoms with E-state index in [1.165, 1.54) is 0 Å².